The molecule has 4 atom stereocenters. The van der Waals surface area contributed by atoms with Gasteiger partial charge in [-0.25, -0.2) is 18.2 Å². The Labute approximate surface area is 288 Å². The number of hydrogen-bond acceptors (Lipinski definition) is 10. The highest BCUT2D eigenvalue weighted by Gasteiger charge is 2.35. The maximum atomic E-state index is 16.2. The lowest BCUT2D eigenvalue weighted by Gasteiger charge is -2.35. The second kappa shape index (κ2) is 14.0. The Morgan fingerprint density at radius 3 is 2.66 bits per heavy atom. The van der Waals surface area contributed by atoms with Crippen molar-refractivity contribution in [2.24, 2.45) is 0 Å². The fourth-order valence-corrected chi connectivity index (χ4v) is 7.54. The number of nitrogens with two attached hydrogens (primary N) is 1. The van der Waals surface area contributed by atoms with Gasteiger partial charge < -0.3 is 20.3 Å². The van der Waals surface area contributed by atoms with Crippen molar-refractivity contribution < 1.29 is 22.7 Å². The van der Waals surface area contributed by atoms with Gasteiger partial charge in [-0.3, -0.25) is 19.6 Å². The molecule has 8 rings (SSSR count). The van der Waals surface area contributed by atoms with E-state index in [1.54, 1.807) is 23.1 Å². The largest absolute Gasteiger partial charge is 0.467 e. The molecular formula is C36H42F3N9O2. The smallest absolute Gasteiger partial charge is 0.318 e. The average Bonchev–Trinajstić information content (AvgIpc) is 3.84. The minimum atomic E-state index is -0.796. The summed E-state index contributed by atoms with van der Waals surface area (Å²) in [5, 5.41) is 0.935. The first kappa shape index (κ1) is 33.9. The van der Waals surface area contributed by atoms with Crippen LogP contribution in [0, 0.1) is 11.6 Å². The standard InChI is InChI=1S/C29H30F2N8O2.C7H12FN/c1-37-11-9-17(37)7-8-22(40)39-12-10-18(15-39)38(2)28-19-14-33-27(24(31)25(19)35-29(36-28)41-3)26-23-16(13-21(32)34-26)5-4-6-20(23)30;8-6-4-7-2-1-3-9(7)5-6/h4-8,13-14,17-18H,9-12,15H2,1-3H3,(H2,32,34);6-7H,1-5H2/b8-7+;. The van der Waals surface area contributed by atoms with Crippen molar-refractivity contribution in [2.75, 3.05) is 64.6 Å². The molecule has 4 saturated heterocycles. The molecule has 1 amide bonds. The molecule has 11 nitrogen and oxygen atoms in total. The second-order valence-corrected chi connectivity index (χ2v) is 13.6. The van der Waals surface area contributed by atoms with E-state index in [9.17, 15) is 13.6 Å². The molecular weight excluding hydrogens is 647 g/mol. The van der Waals surface area contributed by atoms with Crippen LogP contribution in [0.25, 0.3) is 33.1 Å². The molecule has 0 aliphatic carbocycles. The van der Waals surface area contributed by atoms with Crippen LogP contribution in [0.4, 0.5) is 24.8 Å². The maximum Gasteiger partial charge on any atom is 0.318 e. The summed E-state index contributed by atoms with van der Waals surface area (Å²) >= 11 is 0. The van der Waals surface area contributed by atoms with E-state index in [2.05, 4.69) is 29.7 Å². The molecule has 0 saturated carbocycles. The van der Waals surface area contributed by atoms with Crippen molar-refractivity contribution in [2.45, 2.75) is 56.4 Å². The molecule has 0 radical (unpaired) electrons. The van der Waals surface area contributed by atoms with Crippen LogP contribution in [-0.4, -0.2) is 119 Å². The minimum absolute atomic E-state index is 0.0175. The number of anilines is 2. The van der Waals surface area contributed by atoms with Crippen LogP contribution in [0.15, 0.2) is 42.6 Å². The summed E-state index contributed by atoms with van der Waals surface area (Å²) in [5.74, 6) is -0.878. The van der Waals surface area contributed by atoms with Gasteiger partial charge in [-0.15, -0.1) is 0 Å². The van der Waals surface area contributed by atoms with Gasteiger partial charge in [0.05, 0.1) is 12.5 Å². The van der Waals surface area contributed by atoms with Gasteiger partial charge in [-0.05, 0) is 63.2 Å². The number of methoxy groups -OCH3 is 1. The summed E-state index contributed by atoms with van der Waals surface area (Å²) < 4.78 is 49.0. The van der Waals surface area contributed by atoms with Crippen LogP contribution < -0.4 is 15.4 Å². The van der Waals surface area contributed by atoms with Crippen LogP contribution >= 0.6 is 0 Å². The highest BCUT2D eigenvalue weighted by molar-refractivity contribution is 5.99. The molecule has 14 heteroatoms. The van der Waals surface area contributed by atoms with Gasteiger partial charge in [0.25, 0.3) is 0 Å². The average molecular weight is 690 g/mol. The number of rotatable bonds is 6. The van der Waals surface area contributed by atoms with Gasteiger partial charge in [-0.2, -0.15) is 9.97 Å². The first-order valence-electron chi connectivity index (χ1n) is 17.1. The van der Waals surface area contributed by atoms with Crippen LogP contribution in [0.2, 0.25) is 0 Å². The Kier molecular flexibility index (Phi) is 9.49. The number of likely N-dealkylation sites (N-methyl/N-ethyl adjacent to an activating group) is 2. The zero-order valence-corrected chi connectivity index (χ0v) is 28.5. The lowest BCUT2D eigenvalue weighted by Crippen LogP contribution is -2.43. The number of likely N-dealkylation sites (tertiary alicyclic amines) is 2. The Morgan fingerprint density at radius 2 is 1.92 bits per heavy atom. The number of nitrogen functional groups attached to an aromatic ring is 1. The SMILES string of the molecule is COc1nc(N(C)C2CCN(C(=O)/C=C/C3CCN3C)C2)c2cnc(-c3nc(N)cc4cccc(F)c34)c(F)c2n1.FC1CC2CCCN2C1. The van der Waals surface area contributed by atoms with Crippen molar-refractivity contribution in [3.8, 4) is 17.4 Å². The summed E-state index contributed by atoms with van der Waals surface area (Å²) in [6.07, 6.45) is 9.64. The molecule has 2 N–H and O–H groups in total. The Hall–Kier alpha value is -4.56. The van der Waals surface area contributed by atoms with E-state index < -0.39 is 17.8 Å². The quantitative estimate of drug-likeness (QED) is 0.288. The van der Waals surface area contributed by atoms with E-state index in [-0.39, 0.29) is 46.1 Å². The number of alkyl halides is 1. The number of carbonyl (C=O) groups excluding carboxylic acids is 1. The number of pyridine rings is 2. The molecule has 4 unspecified atom stereocenters. The van der Waals surface area contributed by atoms with Gasteiger partial charge in [0.2, 0.25) is 5.91 Å². The van der Waals surface area contributed by atoms with Crippen molar-refractivity contribution in [3.63, 3.8) is 0 Å². The molecule has 4 aliphatic heterocycles. The van der Waals surface area contributed by atoms with Gasteiger partial charge >= 0.3 is 6.01 Å². The van der Waals surface area contributed by atoms with E-state index >= 15 is 4.39 Å². The Bertz CT molecular complexity index is 1930. The number of ether oxygens (including phenoxy) is 1. The van der Waals surface area contributed by atoms with E-state index in [0.717, 1.165) is 25.9 Å². The monoisotopic (exact) mass is 689 g/mol. The van der Waals surface area contributed by atoms with E-state index in [1.165, 1.54) is 38.3 Å². The van der Waals surface area contributed by atoms with E-state index in [1.807, 2.05) is 25.1 Å². The zero-order chi connectivity index (χ0) is 35.1. The first-order chi connectivity index (χ1) is 24.1. The normalized spacial score (nSPS) is 23.7. The highest BCUT2D eigenvalue weighted by Crippen LogP contribution is 2.36. The highest BCUT2D eigenvalue weighted by atomic mass is 19.1. The maximum absolute atomic E-state index is 16.2. The van der Waals surface area contributed by atoms with E-state index in [0.29, 0.717) is 54.7 Å². The summed E-state index contributed by atoms with van der Waals surface area (Å²) in [6.45, 7) is 3.97. The van der Waals surface area contributed by atoms with Crippen LogP contribution in [-0.2, 0) is 4.79 Å². The summed E-state index contributed by atoms with van der Waals surface area (Å²) in [5.41, 5.74) is 5.72. The molecule has 50 heavy (non-hydrogen) atoms. The fourth-order valence-electron chi connectivity index (χ4n) is 7.54. The topological polar surface area (TPSA) is 117 Å². The Morgan fingerprint density at radius 1 is 1.08 bits per heavy atom. The number of benzene rings is 1. The van der Waals surface area contributed by atoms with E-state index in [4.69, 9.17) is 10.5 Å². The molecule has 1 aromatic carbocycles. The number of halogens is 3. The lowest BCUT2D eigenvalue weighted by atomic mass is 10.0. The number of amides is 1. The van der Waals surface area contributed by atoms with Crippen molar-refractivity contribution in [1.82, 2.24) is 34.6 Å². The molecule has 4 aliphatic rings. The van der Waals surface area contributed by atoms with Gasteiger partial charge in [0.1, 0.15) is 40.5 Å². The number of carbonyl (C=O) groups is 1. The van der Waals surface area contributed by atoms with Gasteiger partial charge in [-0.1, -0.05) is 18.2 Å². The summed E-state index contributed by atoms with van der Waals surface area (Å²) in [6, 6.07) is 6.84. The zero-order valence-electron chi connectivity index (χ0n) is 28.5. The van der Waals surface area contributed by atoms with Crippen molar-refractivity contribution in [3.05, 3.63) is 54.2 Å². The third-order valence-corrected chi connectivity index (χ3v) is 10.5. The molecule has 3 aromatic heterocycles. The predicted octanol–water partition coefficient (Wildman–Crippen LogP) is 4.60. The Balaban J connectivity index is 0.000000375. The molecule has 4 fully saturated rings. The molecule has 0 spiro atoms. The van der Waals surface area contributed by atoms with Gasteiger partial charge in [0.15, 0.2) is 5.82 Å². The summed E-state index contributed by atoms with van der Waals surface area (Å²) in [7, 11) is 5.28. The molecule has 264 valence electrons. The molecule has 4 aromatic rings. The van der Waals surface area contributed by atoms with Crippen molar-refractivity contribution >= 4 is 39.2 Å². The number of aromatic nitrogens is 4. The summed E-state index contributed by atoms with van der Waals surface area (Å²) in [4.78, 5) is 38.4. The van der Waals surface area contributed by atoms with Crippen LogP contribution in [0.3, 0.4) is 0 Å². The lowest BCUT2D eigenvalue weighted by molar-refractivity contribution is -0.125. The van der Waals surface area contributed by atoms with Gasteiger partial charge in [0, 0.05) is 69.0 Å². The molecule has 7 heterocycles. The first-order valence-corrected chi connectivity index (χ1v) is 17.1. The number of hydrogen-bond donors (Lipinski definition) is 1. The fraction of sp³-hybridized carbons (Fsp3) is 0.472. The predicted molar refractivity (Wildman–Crippen MR) is 187 cm³/mol. The minimum Gasteiger partial charge on any atom is -0.467 e. The second-order valence-electron chi connectivity index (χ2n) is 13.6. The van der Waals surface area contributed by atoms with Crippen LogP contribution in [0.1, 0.15) is 32.1 Å². The third-order valence-electron chi connectivity index (χ3n) is 10.5. The number of nitrogens with zero attached hydrogens (tertiary/aromatic N) is 8. The van der Waals surface area contributed by atoms with Crippen molar-refractivity contribution in [1.29, 1.82) is 0 Å². The number of fused-ring (bicyclic) bond motifs is 3. The van der Waals surface area contributed by atoms with Crippen LogP contribution in [0.5, 0.6) is 6.01 Å². The molecule has 0 bridgehead atoms. The third kappa shape index (κ3) is 6.53.